The Morgan fingerprint density at radius 2 is 1.13 bits per heavy atom. The van der Waals surface area contributed by atoms with Crippen LogP contribution in [0.4, 0.5) is 0 Å². The summed E-state index contributed by atoms with van der Waals surface area (Å²) >= 11 is 3.50. The summed E-state index contributed by atoms with van der Waals surface area (Å²) in [6.45, 7) is 8.25. The Kier molecular flexibility index (Phi) is 7.45. The zero-order chi connectivity index (χ0) is 10.6. The van der Waals surface area contributed by atoms with Gasteiger partial charge in [-0.05, 0) is 13.8 Å². The van der Waals surface area contributed by atoms with Gasteiger partial charge in [-0.2, -0.15) is 10.8 Å². The van der Waals surface area contributed by atoms with Crippen molar-refractivity contribution in [1.29, 1.82) is 0 Å². The van der Waals surface area contributed by atoms with Gasteiger partial charge in [0, 0.05) is 0 Å². The van der Waals surface area contributed by atoms with Gasteiger partial charge in [-0.3, -0.25) is 22.7 Å². The molecule has 0 saturated heterocycles. The number of rotatable bonds is 0. The van der Waals surface area contributed by atoms with Crippen LogP contribution >= 0.6 is 22.7 Å². The topological polar surface area (TPSA) is 0 Å². The molecule has 0 N–H and O–H groups in total. The summed E-state index contributed by atoms with van der Waals surface area (Å²) in [5, 5.41) is 4.21. The molecule has 0 fully saturated rings. The Hall–Kier alpha value is 0.114. The number of aryl methyl sites for hydroxylation is 4. The summed E-state index contributed by atoms with van der Waals surface area (Å²) in [5.41, 5.74) is 2.50. The second-order valence-electron chi connectivity index (χ2n) is 3.20. The first-order valence-corrected chi connectivity index (χ1v) is 6.22. The Balaban J connectivity index is 0.000000245. The van der Waals surface area contributed by atoms with Gasteiger partial charge in [-0.25, -0.2) is 23.3 Å². The third-order valence-electron chi connectivity index (χ3n) is 1.57. The van der Waals surface area contributed by atoms with Crippen LogP contribution in [-0.4, -0.2) is 0 Å². The van der Waals surface area contributed by atoms with Gasteiger partial charge in [0.25, 0.3) is 0 Å². The summed E-state index contributed by atoms with van der Waals surface area (Å²) in [4.78, 5) is 2.55. The second-order valence-corrected chi connectivity index (χ2v) is 5.37. The van der Waals surface area contributed by atoms with E-state index in [-0.39, 0.29) is 21.7 Å². The first kappa shape index (κ1) is 15.1. The minimum absolute atomic E-state index is 0. The van der Waals surface area contributed by atoms with Gasteiger partial charge in [-0.15, -0.1) is 9.75 Å². The van der Waals surface area contributed by atoms with Gasteiger partial charge in [-0.1, -0.05) is 13.8 Å². The molecular weight excluding hydrogens is 256 g/mol. The molecule has 0 saturated carbocycles. The second kappa shape index (κ2) is 7.40. The molecule has 0 nitrogen and oxygen atoms in total. The van der Waals surface area contributed by atoms with E-state index in [1.165, 1.54) is 20.9 Å². The van der Waals surface area contributed by atoms with Gasteiger partial charge in [0.2, 0.25) is 0 Å². The molecule has 0 aliphatic carbocycles. The molecule has 3 heteroatoms. The monoisotopic (exact) mass is 270 g/mol. The van der Waals surface area contributed by atoms with E-state index in [4.69, 9.17) is 0 Å². The molecule has 0 amide bonds. The van der Waals surface area contributed by atoms with Gasteiger partial charge in [0.1, 0.15) is 0 Å². The van der Waals surface area contributed by atoms with Crippen LogP contribution in [0, 0.1) is 39.8 Å². The fourth-order valence-electron chi connectivity index (χ4n) is 1.03. The van der Waals surface area contributed by atoms with E-state index in [1.807, 2.05) is 0 Å². The molecule has 0 aromatic carbocycles. The average molecular weight is 270 g/mol. The maximum Gasteiger partial charge on any atom is 2.00 e. The summed E-state index contributed by atoms with van der Waals surface area (Å²) in [6, 6.07) is 6.31. The van der Waals surface area contributed by atoms with E-state index < -0.39 is 0 Å². The van der Waals surface area contributed by atoms with Crippen LogP contribution in [0.25, 0.3) is 0 Å². The van der Waals surface area contributed by atoms with Crippen LogP contribution in [0.2, 0.25) is 0 Å². The fraction of sp³-hybridized carbons (Fsp3) is 0.333. The molecule has 0 aliphatic rings. The average Bonchev–Trinajstić information content (AvgIpc) is 2.63. The van der Waals surface area contributed by atoms with E-state index in [0.29, 0.717) is 0 Å². The van der Waals surface area contributed by atoms with Crippen LogP contribution in [0.1, 0.15) is 20.9 Å². The van der Waals surface area contributed by atoms with Crippen LogP contribution in [0.3, 0.4) is 0 Å². The molecule has 0 atom stereocenters. The summed E-state index contributed by atoms with van der Waals surface area (Å²) in [5.74, 6) is 0. The predicted octanol–water partition coefficient (Wildman–Crippen LogP) is 4.33. The third kappa shape index (κ3) is 6.31. The largest absolute Gasteiger partial charge is 2.00 e. The Labute approximate surface area is 115 Å². The fourth-order valence-corrected chi connectivity index (χ4v) is 2.29. The smallest absolute Gasteiger partial charge is 0.270 e. The maximum atomic E-state index is 3.16. The van der Waals surface area contributed by atoms with Crippen molar-refractivity contribution in [3.05, 3.63) is 43.8 Å². The quantitative estimate of drug-likeness (QED) is 0.494. The summed E-state index contributed by atoms with van der Waals surface area (Å²) in [6.07, 6.45) is 0. The third-order valence-corrected chi connectivity index (χ3v) is 3.43. The van der Waals surface area contributed by atoms with E-state index in [9.17, 15) is 0 Å². The molecule has 15 heavy (non-hydrogen) atoms. The molecule has 2 aromatic heterocycles. The van der Waals surface area contributed by atoms with Gasteiger partial charge >= 0.3 is 21.7 Å². The van der Waals surface area contributed by atoms with Crippen molar-refractivity contribution in [3.63, 3.8) is 0 Å². The zero-order valence-corrected chi connectivity index (χ0v) is 12.7. The number of thiophene rings is 2. The first-order valence-electron chi connectivity index (χ1n) is 4.46. The zero-order valence-electron chi connectivity index (χ0n) is 9.47. The Morgan fingerprint density at radius 3 is 1.20 bits per heavy atom. The molecule has 0 radical (unpaired) electrons. The minimum Gasteiger partial charge on any atom is -0.270 e. The number of hydrogen-bond acceptors (Lipinski definition) is 2. The van der Waals surface area contributed by atoms with Crippen molar-refractivity contribution in [2.45, 2.75) is 27.7 Å². The predicted molar refractivity (Wildman–Crippen MR) is 65.3 cm³/mol. The van der Waals surface area contributed by atoms with E-state index in [0.717, 1.165) is 0 Å². The van der Waals surface area contributed by atoms with Crippen LogP contribution < -0.4 is 0 Å². The summed E-state index contributed by atoms with van der Waals surface area (Å²) in [7, 11) is 0. The van der Waals surface area contributed by atoms with Gasteiger partial charge in [0.15, 0.2) is 0 Å². The van der Waals surface area contributed by atoms with Crippen molar-refractivity contribution in [2.75, 3.05) is 0 Å². The molecule has 0 aliphatic heterocycles. The van der Waals surface area contributed by atoms with Crippen LogP contribution in [0.15, 0.2) is 10.8 Å². The minimum atomic E-state index is 0. The molecule has 0 unspecified atom stereocenters. The molecule has 2 heterocycles. The van der Waals surface area contributed by atoms with E-state index in [2.05, 4.69) is 50.6 Å². The van der Waals surface area contributed by atoms with E-state index >= 15 is 0 Å². The van der Waals surface area contributed by atoms with Crippen molar-refractivity contribution >= 4 is 22.7 Å². The Morgan fingerprint density at radius 1 is 0.800 bits per heavy atom. The van der Waals surface area contributed by atoms with Crippen molar-refractivity contribution in [3.8, 4) is 0 Å². The molecule has 78 valence electrons. The van der Waals surface area contributed by atoms with Gasteiger partial charge in [0.05, 0.1) is 0 Å². The molecule has 2 rings (SSSR count). The number of hydrogen-bond donors (Lipinski definition) is 0. The standard InChI is InChI=1S/2C6H7S.Ti/c2*1-5-3-6(2)7-4-5;/h2*4H,1-2H3;/q2*-1;+2. The van der Waals surface area contributed by atoms with Crippen molar-refractivity contribution < 1.29 is 21.7 Å². The molecule has 2 aromatic rings. The summed E-state index contributed by atoms with van der Waals surface area (Å²) < 4.78 is 0. The van der Waals surface area contributed by atoms with E-state index in [1.54, 1.807) is 22.7 Å². The van der Waals surface area contributed by atoms with Crippen molar-refractivity contribution in [1.82, 2.24) is 0 Å². The van der Waals surface area contributed by atoms with Crippen molar-refractivity contribution in [2.24, 2.45) is 0 Å². The Bertz CT molecular complexity index is 316. The van der Waals surface area contributed by atoms with Crippen LogP contribution in [0.5, 0.6) is 0 Å². The van der Waals surface area contributed by atoms with Gasteiger partial charge < -0.3 is 0 Å². The SMILES string of the molecule is Cc1[c-]c(C)sc1.Cc1[c-]c(C)sc1.[Ti+2]. The van der Waals surface area contributed by atoms with Crippen LogP contribution in [-0.2, 0) is 21.7 Å². The molecule has 0 spiro atoms. The molecule has 0 bridgehead atoms. The normalized spacial score (nSPS) is 8.80. The molecular formula is C12H14S2Ti. The maximum absolute atomic E-state index is 3.16. The first-order chi connectivity index (χ1) is 6.58.